The third kappa shape index (κ3) is 4.42. The maximum Gasteiger partial charge on any atom is 0.265 e. The van der Waals surface area contributed by atoms with Crippen LogP contribution in [0.5, 0.6) is 0 Å². The number of hydrogen-bond acceptors (Lipinski definition) is 5. The number of fused-ring (bicyclic) bond motifs is 1. The molecule has 0 unspecified atom stereocenters. The standard InChI is InChI=1S/C24H21F2N5O2S/c25-20-13-21-18(12-22(20)34(32,33)30-24-7-3-6-23(26)29-24)14-28-31(21)15-17-4-1-2-5-19(17)16-8-10-27-11-9-16/h1-8,12-14,27H,9-11,15H2,(H,29,30). The van der Waals surface area contributed by atoms with Gasteiger partial charge in [0.25, 0.3) is 10.0 Å². The SMILES string of the molecule is O=S(=O)(Nc1cccc(F)n1)c1cc2cnn(Cc3ccccc3C3=CCNCC3)c2cc1F. The molecule has 2 aromatic heterocycles. The van der Waals surface area contributed by atoms with E-state index in [1.807, 2.05) is 18.2 Å². The Kier molecular flexibility index (Phi) is 5.84. The van der Waals surface area contributed by atoms with Gasteiger partial charge in [0.15, 0.2) is 0 Å². The number of sulfonamides is 1. The molecule has 2 N–H and O–H groups in total. The van der Waals surface area contributed by atoms with Gasteiger partial charge in [0, 0.05) is 18.0 Å². The van der Waals surface area contributed by atoms with E-state index in [0.717, 1.165) is 42.8 Å². The fraction of sp³-hybridized carbons (Fsp3) is 0.167. The summed E-state index contributed by atoms with van der Waals surface area (Å²) in [4.78, 5) is 2.91. The predicted octanol–water partition coefficient (Wildman–Crippen LogP) is 3.94. The molecule has 0 fully saturated rings. The topological polar surface area (TPSA) is 88.9 Å². The summed E-state index contributed by atoms with van der Waals surface area (Å²) in [5, 5.41) is 8.15. The highest BCUT2D eigenvalue weighted by Gasteiger charge is 2.22. The second-order valence-electron chi connectivity index (χ2n) is 7.94. The number of rotatable bonds is 6. The van der Waals surface area contributed by atoms with Gasteiger partial charge in [0.05, 0.1) is 18.3 Å². The van der Waals surface area contributed by atoms with Crippen LogP contribution >= 0.6 is 0 Å². The Hall–Kier alpha value is -3.63. The lowest BCUT2D eigenvalue weighted by Gasteiger charge is -2.17. The van der Waals surface area contributed by atoms with E-state index in [0.29, 0.717) is 17.4 Å². The summed E-state index contributed by atoms with van der Waals surface area (Å²) < 4.78 is 57.6. The Morgan fingerprint density at radius 2 is 1.94 bits per heavy atom. The molecule has 7 nitrogen and oxygen atoms in total. The number of halogens is 2. The molecule has 0 aliphatic carbocycles. The van der Waals surface area contributed by atoms with Gasteiger partial charge in [0.2, 0.25) is 5.95 Å². The van der Waals surface area contributed by atoms with E-state index in [4.69, 9.17) is 0 Å². The highest BCUT2D eigenvalue weighted by Crippen LogP contribution is 2.27. The van der Waals surface area contributed by atoms with Gasteiger partial charge in [-0.3, -0.25) is 9.40 Å². The van der Waals surface area contributed by atoms with Gasteiger partial charge in [-0.05, 0) is 47.9 Å². The van der Waals surface area contributed by atoms with Gasteiger partial charge < -0.3 is 5.32 Å². The number of benzene rings is 2. The lowest BCUT2D eigenvalue weighted by atomic mass is 9.95. The van der Waals surface area contributed by atoms with Gasteiger partial charge in [0.1, 0.15) is 16.5 Å². The third-order valence-electron chi connectivity index (χ3n) is 5.69. The van der Waals surface area contributed by atoms with Crippen molar-refractivity contribution in [1.82, 2.24) is 20.1 Å². The zero-order chi connectivity index (χ0) is 23.7. The zero-order valence-corrected chi connectivity index (χ0v) is 18.8. The Morgan fingerprint density at radius 1 is 1.09 bits per heavy atom. The van der Waals surface area contributed by atoms with Crippen molar-refractivity contribution in [3.05, 3.63) is 89.8 Å². The molecule has 2 aromatic carbocycles. The molecule has 1 aliphatic heterocycles. The third-order valence-corrected chi connectivity index (χ3v) is 7.06. The van der Waals surface area contributed by atoms with Crippen LogP contribution in [-0.4, -0.2) is 36.3 Å². The van der Waals surface area contributed by atoms with Crippen LogP contribution in [0.1, 0.15) is 17.5 Å². The average Bonchev–Trinajstić information content (AvgIpc) is 3.20. The van der Waals surface area contributed by atoms with Crippen molar-refractivity contribution >= 4 is 32.3 Å². The van der Waals surface area contributed by atoms with Crippen molar-refractivity contribution in [2.45, 2.75) is 17.9 Å². The Labute approximate surface area is 195 Å². The lowest BCUT2D eigenvalue weighted by Crippen LogP contribution is -2.20. The van der Waals surface area contributed by atoms with Crippen molar-refractivity contribution in [3.8, 4) is 0 Å². The second kappa shape index (κ2) is 8.96. The highest BCUT2D eigenvalue weighted by atomic mass is 32.2. The van der Waals surface area contributed by atoms with E-state index in [1.165, 1.54) is 30.0 Å². The Morgan fingerprint density at radius 3 is 2.74 bits per heavy atom. The molecule has 1 aliphatic rings. The fourth-order valence-electron chi connectivity index (χ4n) is 4.07. The Balaban J connectivity index is 1.48. The summed E-state index contributed by atoms with van der Waals surface area (Å²) in [6.07, 6.45) is 4.58. The molecular weight excluding hydrogens is 460 g/mol. The van der Waals surface area contributed by atoms with Gasteiger partial charge in [-0.2, -0.15) is 9.49 Å². The van der Waals surface area contributed by atoms with Crippen LogP contribution in [-0.2, 0) is 16.6 Å². The number of hydrogen-bond donors (Lipinski definition) is 2. The summed E-state index contributed by atoms with van der Waals surface area (Å²) in [5.41, 5.74) is 3.88. The molecule has 174 valence electrons. The molecular formula is C24H21F2N5O2S. The van der Waals surface area contributed by atoms with Crippen LogP contribution in [0.15, 0.2) is 71.8 Å². The quantitative estimate of drug-likeness (QED) is 0.408. The van der Waals surface area contributed by atoms with E-state index in [9.17, 15) is 17.2 Å². The number of anilines is 1. The predicted molar refractivity (Wildman–Crippen MR) is 126 cm³/mol. The molecule has 3 heterocycles. The molecule has 0 spiro atoms. The molecule has 0 radical (unpaired) electrons. The number of pyridine rings is 1. The fourth-order valence-corrected chi connectivity index (χ4v) is 5.17. The van der Waals surface area contributed by atoms with Gasteiger partial charge in [-0.15, -0.1) is 0 Å². The molecule has 0 saturated heterocycles. The summed E-state index contributed by atoms with van der Waals surface area (Å²) >= 11 is 0. The van der Waals surface area contributed by atoms with Crippen molar-refractivity contribution in [3.63, 3.8) is 0 Å². The molecule has 34 heavy (non-hydrogen) atoms. The van der Waals surface area contributed by atoms with Crippen molar-refractivity contribution < 1.29 is 17.2 Å². The molecule has 0 bridgehead atoms. The van der Waals surface area contributed by atoms with E-state index in [2.05, 4.69) is 32.3 Å². The zero-order valence-electron chi connectivity index (χ0n) is 18.0. The minimum atomic E-state index is -4.33. The number of nitrogens with one attached hydrogen (secondary N) is 2. The Bertz CT molecular complexity index is 1520. The van der Waals surface area contributed by atoms with Crippen molar-refractivity contribution in [2.75, 3.05) is 17.8 Å². The maximum atomic E-state index is 15.0. The molecule has 5 rings (SSSR count). The second-order valence-corrected chi connectivity index (χ2v) is 9.59. The highest BCUT2D eigenvalue weighted by molar-refractivity contribution is 7.92. The number of aromatic nitrogens is 3. The lowest BCUT2D eigenvalue weighted by molar-refractivity contribution is 0.570. The van der Waals surface area contributed by atoms with E-state index in [-0.39, 0.29) is 5.82 Å². The van der Waals surface area contributed by atoms with E-state index in [1.54, 1.807) is 4.68 Å². The van der Waals surface area contributed by atoms with Crippen LogP contribution in [0.3, 0.4) is 0 Å². The van der Waals surface area contributed by atoms with E-state index < -0.39 is 26.7 Å². The first-order chi connectivity index (χ1) is 16.4. The summed E-state index contributed by atoms with van der Waals surface area (Å²) in [6, 6.07) is 14.1. The minimum Gasteiger partial charge on any atom is -0.313 e. The minimum absolute atomic E-state index is 0.237. The molecule has 10 heteroatoms. The van der Waals surface area contributed by atoms with Gasteiger partial charge in [-0.1, -0.05) is 36.4 Å². The van der Waals surface area contributed by atoms with Crippen molar-refractivity contribution in [2.24, 2.45) is 0 Å². The van der Waals surface area contributed by atoms with Gasteiger partial charge >= 0.3 is 0 Å². The maximum absolute atomic E-state index is 15.0. The monoisotopic (exact) mass is 481 g/mol. The first-order valence-electron chi connectivity index (χ1n) is 10.7. The summed E-state index contributed by atoms with van der Waals surface area (Å²) in [5.74, 6) is -2.02. The van der Waals surface area contributed by atoms with Crippen LogP contribution in [0.4, 0.5) is 14.6 Å². The largest absolute Gasteiger partial charge is 0.313 e. The van der Waals surface area contributed by atoms with Crippen molar-refractivity contribution in [1.29, 1.82) is 0 Å². The normalized spacial score (nSPS) is 14.2. The number of nitrogens with zero attached hydrogens (tertiary/aromatic N) is 3. The van der Waals surface area contributed by atoms with Crippen LogP contribution < -0.4 is 10.0 Å². The first kappa shape index (κ1) is 22.2. The molecule has 0 atom stereocenters. The van der Waals surface area contributed by atoms with E-state index >= 15 is 0 Å². The smallest absolute Gasteiger partial charge is 0.265 e. The van der Waals surface area contributed by atoms with Crippen LogP contribution in [0.25, 0.3) is 16.5 Å². The average molecular weight is 482 g/mol. The van der Waals surface area contributed by atoms with Gasteiger partial charge in [-0.25, -0.2) is 17.8 Å². The summed E-state index contributed by atoms with van der Waals surface area (Å²) in [7, 11) is -4.33. The summed E-state index contributed by atoms with van der Waals surface area (Å²) in [6.45, 7) is 2.13. The van der Waals surface area contributed by atoms with Crippen LogP contribution in [0, 0.1) is 11.8 Å². The molecule has 4 aromatic rings. The molecule has 0 saturated carbocycles. The molecule has 0 amide bonds. The first-order valence-corrected chi connectivity index (χ1v) is 12.2. The van der Waals surface area contributed by atoms with Crippen LogP contribution in [0.2, 0.25) is 0 Å².